The highest BCUT2D eigenvalue weighted by Crippen LogP contribution is 2.33. The number of pyridine rings is 1. The number of nitrogens with zero attached hydrogens (tertiary/aromatic N) is 5. The third-order valence-corrected chi connectivity index (χ3v) is 9.52. The van der Waals surface area contributed by atoms with Crippen LogP contribution < -0.4 is 9.64 Å². The molecule has 2 aromatic heterocycles. The minimum Gasteiger partial charge on any atom is -0.497 e. The normalized spacial score (nSPS) is 18.8. The molecule has 0 radical (unpaired) electrons. The molecule has 2 aliphatic heterocycles. The molecule has 40 heavy (non-hydrogen) atoms. The van der Waals surface area contributed by atoms with E-state index in [1.165, 1.54) is 6.07 Å². The van der Waals surface area contributed by atoms with Crippen molar-refractivity contribution >= 4 is 32.5 Å². The molecule has 2 fully saturated rings. The first-order valence-electron chi connectivity index (χ1n) is 13.3. The predicted molar refractivity (Wildman–Crippen MR) is 151 cm³/mol. The van der Waals surface area contributed by atoms with Gasteiger partial charge in [-0.05, 0) is 55.8 Å². The number of aromatic nitrogens is 3. The number of hydrogen-bond donors (Lipinski definition) is 0. The summed E-state index contributed by atoms with van der Waals surface area (Å²) >= 11 is 0. The third-order valence-electron chi connectivity index (χ3n) is 7.77. The molecule has 0 saturated carbocycles. The summed E-state index contributed by atoms with van der Waals surface area (Å²) in [4.78, 5) is 22.7. The van der Waals surface area contributed by atoms with E-state index in [0.717, 1.165) is 5.56 Å². The van der Waals surface area contributed by atoms with Crippen molar-refractivity contribution in [2.45, 2.75) is 19.4 Å². The molecule has 2 aromatic carbocycles. The van der Waals surface area contributed by atoms with Crippen LogP contribution in [-0.4, -0.2) is 78.8 Å². The zero-order valence-corrected chi connectivity index (χ0v) is 23.2. The summed E-state index contributed by atoms with van der Waals surface area (Å²) in [5.74, 6) is 0.370. The molecular formula is C29H30FN5O4S. The van der Waals surface area contributed by atoms with E-state index in [2.05, 4.69) is 0 Å². The molecule has 2 saturated heterocycles. The highest BCUT2D eigenvalue weighted by Gasteiger charge is 2.33. The van der Waals surface area contributed by atoms with Gasteiger partial charge in [0.25, 0.3) is 5.91 Å². The van der Waals surface area contributed by atoms with Gasteiger partial charge in [-0.25, -0.2) is 22.5 Å². The second-order valence-electron chi connectivity index (χ2n) is 10.3. The highest BCUT2D eigenvalue weighted by atomic mass is 32.2. The van der Waals surface area contributed by atoms with E-state index in [4.69, 9.17) is 14.8 Å². The molecule has 0 spiro atoms. The molecule has 1 unspecified atom stereocenters. The van der Waals surface area contributed by atoms with E-state index in [1.54, 1.807) is 41.0 Å². The van der Waals surface area contributed by atoms with Gasteiger partial charge in [-0.3, -0.25) is 4.79 Å². The van der Waals surface area contributed by atoms with E-state index in [-0.39, 0.29) is 29.3 Å². The number of methoxy groups -OCH3 is 1. The lowest BCUT2D eigenvalue weighted by Gasteiger charge is -2.36. The summed E-state index contributed by atoms with van der Waals surface area (Å²) in [5, 5.41) is 5.33. The second kappa shape index (κ2) is 10.2. The minimum absolute atomic E-state index is 0.00104. The van der Waals surface area contributed by atoms with Crippen LogP contribution in [0.3, 0.4) is 0 Å². The number of aryl methyl sites for hydroxylation is 1. The summed E-state index contributed by atoms with van der Waals surface area (Å²) in [5.41, 5.74) is 3.52. The Labute approximate surface area is 232 Å². The number of anilines is 1. The number of halogens is 1. The molecule has 4 aromatic rings. The Morgan fingerprint density at radius 2 is 1.77 bits per heavy atom. The summed E-state index contributed by atoms with van der Waals surface area (Å²) in [6.07, 6.45) is 0.453. The van der Waals surface area contributed by atoms with Crippen LogP contribution in [0, 0.1) is 12.7 Å². The number of hydrogen-bond acceptors (Lipinski definition) is 7. The fourth-order valence-electron chi connectivity index (χ4n) is 5.64. The molecule has 11 heteroatoms. The maximum absolute atomic E-state index is 14.4. The first-order valence-corrected chi connectivity index (χ1v) is 15.1. The fourth-order valence-corrected chi connectivity index (χ4v) is 7.34. The Balaban J connectivity index is 1.39. The van der Waals surface area contributed by atoms with Gasteiger partial charge < -0.3 is 14.5 Å². The lowest BCUT2D eigenvalue weighted by molar-refractivity contribution is 0.0748. The van der Waals surface area contributed by atoms with E-state index in [9.17, 15) is 17.6 Å². The molecule has 0 N–H and O–H groups in total. The molecule has 1 atom stereocenters. The van der Waals surface area contributed by atoms with Crippen LogP contribution in [0.4, 0.5) is 10.1 Å². The molecule has 6 rings (SSSR count). The Bertz CT molecular complexity index is 1700. The van der Waals surface area contributed by atoms with Crippen LogP contribution >= 0.6 is 0 Å². The zero-order chi connectivity index (χ0) is 28.0. The Hall–Kier alpha value is -3.99. The van der Waals surface area contributed by atoms with E-state index in [1.807, 2.05) is 36.1 Å². The number of para-hydroxylation sites is 1. The standard InChI is InChI=1S/C29H30FN5O4S/c1-19-27-23(29(36)34-14-12-33(13-15-34)26-6-4-3-5-24(26)30)17-25(20-7-9-22(39-2)10-8-20)31-28(27)35(32-19)21-11-16-40(37,38)18-21/h3-10,17,21H,11-16,18H2,1-2H3. The Morgan fingerprint density at radius 3 is 2.42 bits per heavy atom. The van der Waals surface area contributed by atoms with Crippen LogP contribution in [0.5, 0.6) is 5.75 Å². The summed E-state index contributed by atoms with van der Waals surface area (Å²) in [7, 11) is -1.56. The molecular weight excluding hydrogens is 533 g/mol. The van der Waals surface area contributed by atoms with Crippen LogP contribution in [-0.2, 0) is 9.84 Å². The van der Waals surface area contributed by atoms with Crippen LogP contribution in [0.15, 0.2) is 54.6 Å². The number of carbonyl (C=O) groups is 1. The first kappa shape index (κ1) is 26.2. The molecule has 208 valence electrons. The van der Waals surface area contributed by atoms with Crippen molar-refractivity contribution < 1.29 is 22.3 Å². The average Bonchev–Trinajstić information content (AvgIpc) is 3.50. The van der Waals surface area contributed by atoms with Crippen molar-refractivity contribution in [3.05, 3.63) is 71.7 Å². The summed E-state index contributed by atoms with van der Waals surface area (Å²) in [6.45, 7) is 3.70. The number of sulfone groups is 1. The maximum Gasteiger partial charge on any atom is 0.254 e. The van der Waals surface area contributed by atoms with Crippen molar-refractivity contribution in [1.29, 1.82) is 0 Å². The second-order valence-corrected chi connectivity index (χ2v) is 12.5. The molecule has 1 amide bonds. The monoisotopic (exact) mass is 563 g/mol. The van der Waals surface area contributed by atoms with Gasteiger partial charge in [0.15, 0.2) is 15.5 Å². The van der Waals surface area contributed by atoms with Crippen LogP contribution in [0.2, 0.25) is 0 Å². The lowest BCUT2D eigenvalue weighted by atomic mass is 10.0. The molecule has 9 nitrogen and oxygen atoms in total. The van der Waals surface area contributed by atoms with Gasteiger partial charge >= 0.3 is 0 Å². The number of rotatable bonds is 5. The van der Waals surface area contributed by atoms with Gasteiger partial charge in [-0.2, -0.15) is 5.10 Å². The summed E-state index contributed by atoms with van der Waals surface area (Å²) < 4.78 is 45.9. The van der Waals surface area contributed by atoms with Gasteiger partial charge in [0.1, 0.15) is 11.6 Å². The predicted octanol–water partition coefficient (Wildman–Crippen LogP) is 3.88. The third kappa shape index (κ3) is 4.78. The van der Waals surface area contributed by atoms with Gasteiger partial charge in [0.2, 0.25) is 0 Å². The number of amides is 1. The van der Waals surface area contributed by atoms with Crippen molar-refractivity contribution in [3.63, 3.8) is 0 Å². The van der Waals surface area contributed by atoms with Crippen molar-refractivity contribution in [3.8, 4) is 17.0 Å². The SMILES string of the molecule is COc1ccc(-c2cc(C(=O)N3CCN(c4ccccc4F)CC3)c3c(C)nn(C4CCS(=O)(=O)C4)c3n2)cc1. The Kier molecular flexibility index (Phi) is 6.69. The number of fused-ring (bicyclic) bond motifs is 1. The van der Waals surface area contributed by atoms with Crippen LogP contribution in [0.1, 0.15) is 28.5 Å². The van der Waals surface area contributed by atoms with Crippen LogP contribution in [0.25, 0.3) is 22.3 Å². The van der Waals surface area contributed by atoms with E-state index in [0.29, 0.717) is 72.0 Å². The number of carbonyl (C=O) groups excluding carboxylic acids is 1. The largest absolute Gasteiger partial charge is 0.497 e. The lowest BCUT2D eigenvalue weighted by Crippen LogP contribution is -2.49. The van der Waals surface area contributed by atoms with Gasteiger partial charge in [0.05, 0.1) is 52.7 Å². The number of piperazine rings is 1. The van der Waals surface area contributed by atoms with E-state index < -0.39 is 9.84 Å². The molecule has 2 aliphatic rings. The number of benzene rings is 2. The van der Waals surface area contributed by atoms with Gasteiger partial charge in [-0.1, -0.05) is 12.1 Å². The van der Waals surface area contributed by atoms with E-state index >= 15 is 0 Å². The molecule has 0 bridgehead atoms. The van der Waals surface area contributed by atoms with Gasteiger partial charge in [-0.15, -0.1) is 0 Å². The minimum atomic E-state index is -3.16. The fraction of sp³-hybridized carbons (Fsp3) is 0.345. The Morgan fingerprint density at radius 1 is 1.05 bits per heavy atom. The first-order chi connectivity index (χ1) is 19.2. The highest BCUT2D eigenvalue weighted by molar-refractivity contribution is 7.91. The average molecular weight is 564 g/mol. The van der Waals surface area contributed by atoms with Gasteiger partial charge in [0, 0.05) is 31.7 Å². The topological polar surface area (TPSA) is 97.6 Å². The number of ether oxygens (including phenoxy) is 1. The quantitative estimate of drug-likeness (QED) is 0.364. The van der Waals surface area contributed by atoms with Crippen molar-refractivity contribution in [2.24, 2.45) is 0 Å². The summed E-state index contributed by atoms with van der Waals surface area (Å²) in [6, 6.07) is 15.5. The molecule has 4 heterocycles. The van der Waals surface area contributed by atoms with Crippen molar-refractivity contribution in [2.75, 3.05) is 49.7 Å². The smallest absolute Gasteiger partial charge is 0.254 e. The maximum atomic E-state index is 14.4. The van der Waals surface area contributed by atoms with Crippen molar-refractivity contribution in [1.82, 2.24) is 19.7 Å². The zero-order valence-electron chi connectivity index (χ0n) is 22.4. The molecule has 0 aliphatic carbocycles.